The molecule has 102 valence electrons. The van der Waals surface area contributed by atoms with Gasteiger partial charge in [0.05, 0.1) is 6.61 Å². The van der Waals surface area contributed by atoms with Crippen molar-refractivity contribution in [3.05, 3.63) is 30.1 Å². The summed E-state index contributed by atoms with van der Waals surface area (Å²) in [6.07, 6.45) is 3.63. The normalized spacial score (nSPS) is 19.1. The molecule has 1 amide bonds. The highest BCUT2D eigenvalue weighted by Gasteiger charge is 2.27. The Labute approximate surface area is 111 Å². The Balaban J connectivity index is 1.91. The Morgan fingerprint density at radius 3 is 2.89 bits per heavy atom. The van der Waals surface area contributed by atoms with Crippen LogP contribution in [0.4, 0.5) is 4.79 Å². The number of aliphatic carboxylic acids is 1. The van der Waals surface area contributed by atoms with Crippen LogP contribution < -0.4 is 0 Å². The first-order chi connectivity index (χ1) is 9.15. The molecule has 6 nitrogen and oxygen atoms in total. The Kier molecular flexibility index (Phi) is 4.33. The number of carbonyl (C=O) groups excluding carboxylic acids is 1. The number of hydrogen-bond acceptors (Lipinski definition) is 4. The van der Waals surface area contributed by atoms with E-state index in [1.165, 1.54) is 0 Å². The molecule has 1 fully saturated rings. The molecule has 1 aromatic heterocycles. The van der Waals surface area contributed by atoms with E-state index in [1.807, 2.05) is 12.1 Å². The predicted molar refractivity (Wildman–Crippen MR) is 66.4 cm³/mol. The molecular weight excluding hydrogens is 248 g/mol. The molecule has 0 saturated carbocycles. The van der Waals surface area contributed by atoms with Gasteiger partial charge in [0.2, 0.25) is 0 Å². The van der Waals surface area contributed by atoms with Gasteiger partial charge >= 0.3 is 12.1 Å². The zero-order valence-electron chi connectivity index (χ0n) is 10.5. The summed E-state index contributed by atoms with van der Waals surface area (Å²) in [4.78, 5) is 27.7. The second-order valence-electron chi connectivity index (χ2n) is 4.61. The van der Waals surface area contributed by atoms with E-state index < -0.39 is 5.97 Å². The van der Waals surface area contributed by atoms with Crippen molar-refractivity contribution in [1.29, 1.82) is 0 Å². The molecule has 19 heavy (non-hydrogen) atoms. The molecule has 2 heterocycles. The number of rotatable bonds is 5. The molecule has 0 aliphatic carbocycles. The van der Waals surface area contributed by atoms with E-state index in [0.29, 0.717) is 26.1 Å². The summed E-state index contributed by atoms with van der Waals surface area (Å²) in [6.45, 7) is 1.30. The first kappa shape index (κ1) is 13.3. The maximum Gasteiger partial charge on any atom is 0.410 e. The van der Waals surface area contributed by atoms with Crippen LogP contribution in [0.1, 0.15) is 18.4 Å². The summed E-state index contributed by atoms with van der Waals surface area (Å²) < 4.78 is 5.09. The van der Waals surface area contributed by atoms with Crippen LogP contribution in [0.15, 0.2) is 24.5 Å². The maximum absolute atomic E-state index is 11.7. The fraction of sp³-hybridized carbons (Fsp3) is 0.462. The highest BCUT2D eigenvalue weighted by Crippen LogP contribution is 2.18. The molecule has 1 unspecified atom stereocenters. The van der Waals surface area contributed by atoms with Gasteiger partial charge in [0.15, 0.2) is 0 Å². The van der Waals surface area contributed by atoms with Crippen molar-refractivity contribution in [1.82, 2.24) is 9.88 Å². The molecule has 0 aromatic carbocycles. The molecule has 1 saturated heterocycles. The van der Waals surface area contributed by atoms with E-state index in [-0.39, 0.29) is 18.4 Å². The minimum Gasteiger partial charge on any atom is -0.481 e. The largest absolute Gasteiger partial charge is 0.481 e. The smallest absolute Gasteiger partial charge is 0.410 e. The van der Waals surface area contributed by atoms with Gasteiger partial charge in [-0.2, -0.15) is 0 Å². The van der Waals surface area contributed by atoms with Gasteiger partial charge < -0.3 is 14.7 Å². The minimum absolute atomic E-state index is 0.0793. The number of cyclic esters (lactones) is 1. The Morgan fingerprint density at radius 1 is 1.47 bits per heavy atom. The second kappa shape index (κ2) is 6.17. The lowest BCUT2D eigenvalue weighted by atomic mass is 10.0. The lowest BCUT2D eigenvalue weighted by Gasteiger charge is -2.32. The fourth-order valence-corrected chi connectivity index (χ4v) is 2.06. The molecule has 0 radical (unpaired) electrons. The fourth-order valence-electron chi connectivity index (χ4n) is 2.06. The predicted octanol–water partition coefficient (Wildman–Crippen LogP) is 1.51. The van der Waals surface area contributed by atoms with Crippen molar-refractivity contribution in [2.75, 3.05) is 13.2 Å². The van der Waals surface area contributed by atoms with Crippen molar-refractivity contribution >= 4 is 12.1 Å². The van der Waals surface area contributed by atoms with Gasteiger partial charge in [0.25, 0.3) is 0 Å². The molecule has 1 aliphatic heterocycles. The van der Waals surface area contributed by atoms with Crippen LogP contribution in [0.5, 0.6) is 0 Å². The van der Waals surface area contributed by atoms with E-state index >= 15 is 0 Å². The molecular formula is C13H16N2O4. The lowest BCUT2D eigenvalue weighted by molar-refractivity contribution is -0.137. The van der Waals surface area contributed by atoms with E-state index in [9.17, 15) is 9.59 Å². The third-order valence-electron chi connectivity index (χ3n) is 3.07. The highest BCUT2D eigenvalue weighted by molar-refractivity contribution is 5.68. The monoisotopic (exact) mass is 264 g/mol. The average molecular weight is 264 g/mol. The van der Waals surface area contributed by atoms with E-state index in [1.54, 1.807) is 17.3 Å². The number of aromatic nitrogens is 1. The number of hydrogen-bond donors (Lipinski definition) is 1. The zero-order chi connectivity index (χ0) is 13.7. The van der Waals surface area contributed by atoms with Crippen molar-refractivity contribution in [2.45, 2.75) is 19.4 Å². The summed E-state index contributed by atoms with van der Waals surface area (Å²) in [5.74, 6) is -0.742. The van der Waals surface area contributed by atoms with E-state index in [2.05, 4.69) is 4.98 Å². The van der Waals surface area contributed by atoms with Crippen molar-refractivity contribution < 1.29 is 19.4 Å². The van der Waals surface area contributed by atoms with Crippen LogP contribution in [0.25, 0.3) is 0 Å². The van der Waals surface area contributed by atoms with Crippen molar-refractivity contribution in [2.24, 2.45) is 5.92 Å². The Bertz CT molecular complexity index is 449. The Morgan fingerprint density at radius 2 is 2.21 bits per heavy atom. The molecule has 1 N–H and O–H groups in total. The van der Waals surface area contributed by atoms with Crippen LogP contribution >= 0.6 is 0 Å². The van der Waals surface area contributed by atoms with Gasteiger partial charge in [-0.05, 0) is 24.1 Å². The topological polar surface area (TPSA) is 79.7 Å². The van der Waals surface area contributed by atoms with E-state index in [0.717, 1.165) is 5.56 Å². The summed E-state index contributed by atoms with van der Waals surface area (Å²) in [5, 5.41) is 8.67. The average Bonchev–Trinajstić information content (AvgIpc) is 2.41. The van der Waals surface area contributed by atoms with Crippen molar-refractivity contribution in [3.8, 4) is 0 Å². The standard InChI is InChI=1S/C13H16N2O4/c16-12(17)2-1-11-8-15(13(18)19-9-11)7-10-3-5-14-6-4-10/h3-6,11H,1-2,7-9H2,(H,16,17). The summed E-state index contributed by atoms with van der Waals surface area (Å²) in [5.41, 5.74) is 0.978. The molecule has 2 rings (SSSR count). The van der Waals surface area contributed by atoms with Gasteiger partial charge in [0.1, 0.15) is 0 Å². The first-order valence-electron chi connectivity index (χ1n) is 6.17. The maximum atomic E-state index is 11.7. The molecule has 6 heteroatoms. The molecule has 1 aromatic rings. The number of carboxylic acid groups (broad SMARTS) is 1. The lowest BCUT2D eigenvalue weighted by Crippen LogP contribution is -2.42. The molecule has 0 spiro atoms. The zero-order valence-corrected chi connectivity index (χ0v) is 10.5. The van der Waals surface area contributed by atoms with Gasteiger partial charge in [-0.15, -0.1) is 0 Å². The van der Waals surface area contributed by atoms with Crippen LogP contribution in [0, 0.1) is 5.92 Å². The number of carboxylic acids is 1. The van der Waals surface area contributed by atoms with E-state index in [4.69, 9.17) is 9.84 Å². The SMILES string of the molecule is O=C(O)CCC1COC(=O)N(Cc2ccncc2)C1. The van der Waals surface area contributed by atoms with Gasteiger partial charge in [-0.25, -0.2) is 4.79 Å². The molecule has 1 atom stereocenters. The molecule has 0 bridgehead atoms. The third kappa shape index (κ3) is 3.94. The van der Waals surface area contributed by atoms with Crippen LogP contribution in [0.3, 0.4) is 0 Å². The number of amides is 1. The molecule has 1 aliphatic rings. The summed E-state index contributed by atoms with van der Waals surface area (Å²) in [7, 11) is 0. The third-order valence-corrected chi connectivity index (χ3v) is 3.07. The van der Waals surface area contributed by atoms with Crippen LogP contribution in [0.2, 0.25) is 0 Å². The van der Waals surface area contributed by atoms with Gasteiger partial charge in [-0.3, -0.25) is 9.78 Å². The van der Waals surface area contributed by atoms with Gasteiger partial charge in [0, 0.05) is 37.8 Å². The number of nitrogens with zero attached hydrogens (tertiary/aromatic N) is 2. The minimum atomic E-state index is -0.822. The first-order valence-corrected chi connectivity index (χ1v) is 6.17. The number of carbonyl (C=O) groups is 2. The Hall–Kier alpha value is -2.11. The highest BCUT2D eigenvalue weighted by atomic mass is 16.6. The number of pyridine rings is 1. The van der Waals surface area contributed by atoms with Crippen molar-refractivity contribution in [3.63, 3.8) is 0 Å². The van der Waals surface area contributed by atoms with Crippen LogP contribution in [-0.2, 0) is 16.1 Å². The second-order valence-corrected chi connectivity index (χ2v) is 4.61. The quantitative estimate of drug-likeness (QED) is 0.872. The number of ether oxygens (including phenoxy) is 1. The van der Waals surface area contributed by atoms with Gasteiger partial charge in [-0.1, -0.05) is 0 Å². The van der Waals surface area contributed by atoms with Crippen LogP contribution in [-0.4, -0.2) is 40.2 Å². The summed E-state index contributed by atoms with van der Waals surface area (Å²) >= 11 is 0. The summed E-state index contributed by atoms with van der Waals surface area (Å²) in [6, 6.07) is 3.68.